The van der Waals surface area contributed by atoms with Gasteiger partial charge in [0, 0.05) is 16.8 Å². The van der Waals surface area contributed by atoms with Crippen molar-refractivity contribution >= 4 is 46.6 Å². The molecule has 0 saturated carbocycles. The standard InChI is InChI=1S/C24H14Cl2F3N3O4/c1-13-17(25)3-2-4-19(13)31-23(33)15(12-30)9-14-5-7-21(18(26)10-14)36-22-8-6-16(24(27,28)29)11-20(22)32(34)35/h2-11H,1H3,(H,31,33)/b15-9-. The van der Waals surface area contributed by atoms with E-state index < -0.39 is 34.0 Å². The summed E-state index contributed by atoms with van der Waals surface area (Å²) in [4.78, 5) is 22.8. The number of rotatable bonds is 6. The largest absolute Gasteiger partial charge is 0.449 e. The lowest BCUT2D eigenvalue weighted by molar-refractivity contribution is -0.385. The highest BCUT2D eigenvalue weighted by atomic mass is 35.5. The van der Waals surface area contributed by atoms with Gasteiger partial charge in [-0.3, -0.25) is 14.9 Å². The van der Waals surface area contributed by atoms with E-state index >= 15 is 0 Å². The van der Waals surface area contributed by atoms with Gasteiger partial charge in [0.1, 0.15) is 17.4 Å². The number of halogens is 5. The molecule has 3 rings (SSSR count). The van der Waals surface area contributed by atoms with Crippen molar-refractivity contribution < 1.29 is 27.6 Å². The second-order valence-corrected chi connectivity index (χ2v) is 8.08. The minimum absolute atomic E-state index is 0.0682. The molecule has 0 spiro atoms. The number of ether oxygens (including phenoxy) is 1. The van der Waals surface area contributed by atoms with E-state index in [9.17, 15) is 33.3 Å². The van der Waals surface area contributed by atoms with Gasteiger partial charge in [0.2, 0.25) is 5.75 Å². The monoisotopic (exact) mass is 535 g/mol. The molecule has 36 heavy (non-hydrogen) atoms. The van der Waals surface area contributed by atoms with Gasteiger partial charge >= 0.3 is 11.9 Å². The molecule has 0 atom stereocenters. The van der Waals surface area contributed by atoms with Crippen molar-refractivity contribution in [1.29, 1.82) is 5.26 Å². The maximum Gasteiger partial charge on any atom is 0.416 e. The van der Waals surface area contributed by atoms with Gasteiger partial charge in [0.25, 0.3) is 5.91 Å². The third kappa shape index (κ3) is 6.13. The number of carbonyl (C=O) groups is 1. The molecule has 3 aromatic carbocycles. The molecular weight excluding hydrogens is 522 g/mol. The highest BCUT2D eigenvalue weighted by Gasteiger charge is 2.33. The van der Waals surface area contributed by atoms with Gasteiger partial charge in [0.15, 0.2) is 0 Å². The summed E-state index contributed by atoms with van der Waals surface area (Å²) in [7, 11) is 0. The smallest absolute Gasteiger partial charge is 0.416 e. The van der Waals surface area contributed by atoms with Gasteiger partial charge in [-0.1, -0.05) is 35.3 Å². The minimum Gasteiger partial charge on any atom is -0.449 e. The fourth-order valence-corrected chi connectivity index (χ4v) is 3.38. The maximum absolute atomic E-state index is 12.9. The van der Waals surface area contributed by atoms with Crippen LogP contribution in [0.4, 0.5) is 24.5 Å². The van der Waals surface area contributed by atoms with Crippen LogP contribution < -0.4 is 10.1 Å². The third-order valence-corrected chi connectivity index (χ3v) is 5.56. The lowest BCUT2D eigenvalue weighted by Gasteiger charge is -2.11. The van der Waals surface area contributed by atoms with Crippen molar-refractivity contribution in [2.24, 2.45) is 0 Å². The van der Waals surface area contributed by atoms with Crippen molar-refractivity contribution in [3.63, 3.8) is 0 Å². The van der Waals surface area contributed by atoms with Crippen molar-refractivity contribution in [3.05, 3.63) is 97.0 Å². The fourth-order valence-electron chi connectivity index (χ4n) is 2.98. The summed E-state index contributed by atoms with van der Waals surface area (Å²) in [6.07, 6.45) is -3.52. The van der Waals surface area contributed by atoms with Crippen LogP contribution in [-0.4, -0.2) is 10.8 Å². The van der Waals surface area contributed by atoms with Crippen LogP contribution in [-0.2, 0) is 11.0 Å². The number of anilines is 1. The van der Waals surface area contributed by atoms with E-state index in [2.05, 4.69) is 5.32 Å². The van der Waals surface area contributed by atoms with E-state index in [-0.39, 0.29) is 16.3 Å². The summed E-state index contributed by atoms with van der Waals surface area (Å²) in [5, 5.41) is 23.7. The number of carbonyl (C=O) groups excluding carboxylic acids is 1. The Morgan fingerprint density at radius 3 is 2.42 bits per heavy atom. The van der Waals surface area contributed by atoms with Crippen LogP contribution in [0.25, 0.3) is 6.08 Å². The first-order valence-corrected chi connectivity index (χ1v) is 10.7. The van der Waals surface area contributed by atoms with Gasteiger partial charge in [-0.2, -0.15) is 18.4 Å². The zero-order valence-corrected chi connectivity index (χ0v) is 19.7. The summed E-state index contributed by atoms with van der Waals surface area (Å²) >= 11 is 12.2. The van der Waals surface area contributed by atoms with Gasteiger partial charge in [-0.25, -0.2) is 0 Å². The van der Waals surface area contributed by atoms with Crippen LogP contribution in [0.15, 0.2) is 60.2 Å². The molecule has 0 aliphatic carbocycles. The minimum atomic E-state index is -4.77. The Balaban J connectivity index is 1.86. The van der Waals surface area contributed by atoms with E-state index in [1.54, 1.807) is 31.2 Å². The highest BCUT2D eigenvalue weighted by Crippen LogP contribution is 2.39. The molecule has 1 amide bonds. The average molecular weight is 536 g/mol. The molecule has 0 bridgehead atoms. The molecule has 12 heteroatoms. The SMILES string of the molecule is Cc1c(Cl)cccc1NC(=O)/C(C#N)=C\c1ccc(Oc2ccc(C(F)(F)F)cc2[N+](=O)[O-])c(Cl)c1. The fraction of sp³-hybridized carbons (Fsp3) is 0.0833. The zero-order valence-electron chi connectivity index (χ0n) is 18.2. The molecule has 0 aliphatic heterocycles. The third-order valence-electron chi connectivity index (χ3n) is 4.85. The molecular formula is C24H14Cl2F3N3O4. The molecule has 0 unspecified atom stereocenters. The van der Waals surface area contributed by atoms with Crippen molar-refractivity contribution in [2.75, 3.05) is 5.32 Å². The van der Waals surface area contributed by atoms with Gasteiger partial charge in [-0.15, -0.1) is 0 Å². The Labute approximate surface area is 212 Å². The van der Waals surface area contributed by atoms with E-state index in [0.29, 0.717) is 34.0 Å². The Morgan fingerprint density at radius 1 is 1.11 bits per heavy atom. The van der Waals surface area contributed by atoms with Gasteiger partial charge < -0.3 is 10.1 Å². The first-order chi connectivity index (χ1) is 16.9. The normalized spacial score (nSPS) is 11.5. The summed E-state index contributed by atoms with van der Waals surface area (Å²) in [5.74, 6) is -1.24. The number of hydrogen-bond donors (Lipinski definition) is 1. The Kier molecular flexibility index (Phi) is 7.87. The molecule has 184 valence electrons. The summed E-state index contributed by atoms with van der Waals surface area (Å²) in [6.45, 7) is 1.70. The highest BCUT2D eigenvalue weighted by molar-refractivity contribution is 6.32. The molecule has 7 nitrogen and oxygen atoms in total. The van der Waals surface area contributed by atoms with Crippen molar-refractivity contribution in [2.45, 2.75) is 13.1 Å². The number of alkyl halides is 3. The van der Waals surface area contributed by atoms with Gasteiger partial charge in [0.05, 0.1) is 15.5 Å². The molecule has 0 heterocycles. The Bertz CT molecular complexity index is 1430. The predicted molar refractivity (Wildman–Crippen MR) is 128 cm³/mol. The number of nitriles is 1. The van der Waals surface area contributed by atoms with Crippen molar-refractivity contribution in [1.82, 2.24) is 0 Å². The van der Waals surface area contributed by atoms with E-state index in [4.69, 9.17) is 27.9 Å². The molecule has 1 N–H and O–H groups in total. The van der Waals surface area contributed by atoms with Crippen molar-refractivity contribution in [3.8, 4) is 17.6 Å². The Hall–Kier alpha value is -4.07. The zero-order chi connectivity index (χ0) is 26.6. The quantitative estimate of drug-likeness (QED) is 0.151. The molecule has 0 fully saturated rings. The molecule has 0 aromatic heterocycles. The second-order valence-electron chi connectivity index (χ2n) is 7.27. The van der Waals surface area contributed by atoms with Gasteiger partial charge in [-0.05, 0) is 60.5 Å². The number of amides is 1. The number of nitro groups is 1. The summed E-state index contributed by atoms with van der Waals surface area (Å²) < 4.78 is 44.1. The average Bonchev–Trinajstić information content (AvgIpc) is 2.81. The topological polar surface area (TPSA) is 105 Å². The van der Waals surface area contributed by atoms with Crippen LogP contribution in [0.2, 0.25) is 10.0 Å². The lowest BCUT2D eigenvalue weighted by atomic mass is 10.1. The van der Waals surface area contributed by atoms with E-state index in [0.717, 1.165) is 6.07 Å². The number of hydrogen-bond acceptors (Lipinski definition) is 5. The van der Waals surface area contributed by atoms with Crippen LogP contribution in [0.3, 0.4) is 0 Å². The molecule has 0 radical (unpaired) electrons. The molecule has 0 saturated heterocycles. The number of nitro benzene ring substituents is 1. The first-order valence-electron chi connectivity index (χ1n) is 9.92. The molecule has 3 aromatic rings. The van der Waals surface area contributed by atoms with E-state index in [1.807, 2.05) is 0 Å². The maximum atomic E-state index is 12.9. The first kappa shape index (κ1) is 26.5. The number of benzene rings is 3. The summed E-state index contributed by atoms with van der Waals surface area (Å²) in [6, 6.07) is 12.6. The molecule has 0 aliphatic rings. The van der Waals surface area contributed by atoms with Crippen LogP contribution in [0.5, 0.6) is 11.5 Å². The predicted octanol–water partition coefficient (Wildman–Crippen LogP) is 7.57. The Morgan fingerprint density at radius 2 is 1.81 bits per heavy atom. The second kappa shape index (κ2) is 10.7. The van der Waals surface area contributed by atoms with E-state index in [1.165, 1.54) is 24.3 Å². The number of nitrogens with zero attached hydrogens (tertiary/aromatic N) is 2. The van der Waals surface area contributed by atoms with Crippen LogP contribution in [0.1, 0.15) is 16.7 Å². The van der Waals surface area contributed by atoms with Crippen LogP contribution >= 0.6 is 23.2 Å². The lowest BCUT2D eigenvalue weighted by Crippen LogP contribution is -2.14. The summed E-state index contributed by atoms with van der Waals surface area (Å²) in [5.41, 5.74) is -0.991. The number of nitrogens with one attached hydrogen (secondary N) is 1. The van der Waals surface area contributed by atoms with Crippen LogP contribution in [0, 0.1) is 28.4 Å².